The second-order valence-corrected chi connectivity index (χ2v) is 20.0. The van der Waals surface area contributed by atoms with E-state index >= 15 is 0 Å². The van der Waals surface area contributed by atoms with Crippen molar-refractivity contribution in [2.75, 3.05) is 119 Å². The molecule has 0 aliphatic carbocycles. The monoisotopic (exact) mass is 1020 g/mol. The maximum Gasteiger partial charge on any atom is 0.251 e. The zero-order chi connectivity index (χ0) is 48.8. The Balaban J connectivity index is 0.806. The second-order valence-electron chi connectivity index (χ2n) is 15.6. The number of ether oxygens (including phenoxy) is 6. The molecule has 1 atom stereocenters. The van der Waals surface area contributed by atoms with Crippen molar-refractivity contribution in [2.24, 2.45) is 0 Å². The van der Waals surface area contributed by atoms with Crippen LogP contribution >= 0.6 is 23.2 Å². The number of hydrogen-bond donors (Lipinski definition) is 4. The molecule has 4 aromatic carbocycles. The third kappa shape index (κ3) is 18.4. The highest BCUT2D eigenvalue weighted by atomic mass is 35.5. The lowest BCUT2D eigenvalue weighted by molar-refractivity contribution is 0.0162. The molecule has 2 amide bonds. The number of benzene rings is 4. The molecule has 0 saturated heterocycles. The average Bonchev–Trinajstić information content (AvgIpc) is 3.32. The van der Waals surface area contributed by atoms with E-state index in [2.05, 4.69) is 25.0 Å². The van der Waals surface area contributed by atoms with Gasteiger partial charge in [0.2, 0.25) is 20.0 Å². The molecular formula is C47H61Cl2N5O12S2. The molecular weight excluding hydrogens is 962 g/mol. The van der Waals surface area contributed by atoms with E-state index in [1.807, 2.05) is 32.2 Å². The van der Waals surface area contributed by atoms with Gasteiger partial charge in [0.25, 0.3) is 11.8 Å². The van der Waals surface area contributed by atoms with Gasteiger partial charge in [-0.15, -0.1) is 0 Å². The molecule has 0 saturated carbocycles. The van der Waals surface area contributed by atoms with E-state index in [1.165, 1.54) is 0 Å². The van der Waals surface area contributed by atoms with Crippen LogP contribution in [-0.2, 0) is 55.0 Å². The molecule has 1 aliphatic heterocycles. The van der Waals surface area contributed by atoms with E-state index in [4.69, 9.17) is 51.6 Å². The number of likely N-dealkylation sites (N-methyl/N-ethyl adjacent to an activating group) is 1. The van der Waals surface area contributed by atoms with Gasteiger partial charge < -0.3 is 44.0 Å². The van der Waals surface area contributed by atoms with Crippen molar-refractivity contribution < 1.29 is 54.8 Å². The summed E-state index contributed by atoms with van der Waals surface area (Å²) in [4.78, 5) is 27.6. The number of fused-ring (bicyclic) bond motifs is 1. The van der Waals surface area contributed by atoms with Gasteiger partial charge in [-0.05, 0) is 91.3 Å². The van der Waals surface area contributed by atoms with E-state index in [0.717, 1.165) is 28.8 Å². The van der Waals surface area contributed by atoms with Gasteiger partial charge in [-0.1, -0.05) is 53.0 Å². The molecule has 0 spiro atoms. The molecule has 68 heavy (non-hydrogen) atoms. The fourth-order valence-corrected chi connectivity index (χ4v) is 9.52. The third-order valence-electron chi connectivity index (χ3n) is 10.5. The molecule has 1 heterocycles. The molecule has 17 nitrogen and oxygen atoms in total. The minimum absolute atomic E-state index is 0.00413. The molecule has 0 fully saturated rings. The lowest BCUT2D eigenvalue weighted by Gasteiger charge is -2.33. The molecule has 0 aromatic heterocycles. The SMILES string of the molecule is Cc1ccc(S(=O)(=O)NCCOCCOCCOCCNC(=O)c2ccc(C(=O)NCCOCCOCCOCCNS(=O)(=O)c3ccc([C@@H]4CN(C)Cc5c(Cl)cc(Cl)cc54)cc3)cc2)cc1. The molecule has 4 N–H and O–H groups in total. The first-order chi connectivity index (χ1) is 32.7. The van der Waals surface area contributed by atoms with E-state index in [1.54, 1.807) is 66.7 Å². The summed E-state index contributed by atoms with van der Waals surface area (Å²) in [5.41, 5.74) is 4.83. The Morgan fingerprint density at radius 2 is 0.971 bits per heavy atom. The fraction of sp³-hybridized carbons (Fsp3) is 0.447. The first-order valence-electron chi connectivity index (χ1n) is 22.2. The van der Waals surface area contributed by atoms with Crippen LogP contribution in [0.1, 0.15) is 48.9 Å². The normalized spacial score (nSPS) is 14.1. The molecule has 1 aliphatic rings. The lowest BCUT2D eigenvalue weighted by atomic mass is 9.85. The Morgan fingerprint density at radius 3 is 1.41 bits per heavy atom. The van der Waals surface area contributed by atoms with Crippen LogP contribution in [0.4, 0.5) is 0 Å². The van der Waals surface area contributed by atoms with Crippen LogP contribution in [0.15, 0.2) is 94.7 Å². The largest absolute Gasteiger partial charge is 0.378 e. The van der Waals surface area contributed by atoms with E-state index < -0.39 is 20.0 Å². The smallest absolute Gasteiger partial charge is 0.251 e. The zero-order valence-electron chi connectivity index (χ0n) is 38.3. The highest BCUT2D eigenvalue weighted by Crippen LogP contribution is 2.38. The lowest BCUT2D eigenvalue weighted by Crippen LogP contribution is -2.31. The van der Waals surface area contributed by atoms with Crippen molar-refractivity contribution in [1.29, 1.82) is 0 Å². The Hall–Kier alpha value is -4.06. The number of carbonyl (C=O) groups is 2. The summed E-state index contributed by atoms with van der Waals surface area (Å²) in [5, 5.41) is 6.73. The van der Waals surface area contributed by atoms with Gasteiger partial charge in [0.15, 0.2) is 0 Å². The van der Waals surface area contributed by atoms with Crippen LogP contribution in [-0.4, -0.2) is 153 Å². The number of halogens is 2. The topological polar surface area (TPSA) is 209 Å². The third-order valence-corrected chi connectivity index (χ3v) is 14.0. The van der Waals surface area contributed by atoms with Gasteiger partial charge in [0, 0.05) is 66.4 Å². The van der Waals surface area contributed by atoms with Gasteiger partial charge in [-0.2, -0.15) is 0 Å². The molecule has 4 aromatic rings. The minimum atomic E-state index is -3.74. The summed E-state index contributed by atoms with van der Waals surface area (Å²) in [6.45, 7) is 7.59. The summed E-state index contributed by atoms with van der Waals surface area (Å²) in [6.07, 6.45) is 0. The van der Waals surface area contributed by atoms with Crippen LogP contribution in [0.5, 0.6) is 0 Å². The highest BCUT2D eigenvalue weighted by Gasteiger charge is 2.27. The second kappa shape index (κ2) is 28.6. The predicted octanol–water partition coefficient (Wildman–Crippen LogP) is 4.40. The van der Waals surface area contributed by atoms with E-state index in [9.17, 15) is 26.4 Å². The van der Waals surface area contributed by atoms with Crippen molar-refractivity contribution in [1.82, 2.24) is 25.0 Å². The van der Waals surface area contributed by atoms with Crippen LogP contribution < -0.4 is 20.1 Å². The van der Waals surface area contributed by atoms with Crippen molar-refractivity contribution in [3.63, 3.8) is 0 Å². The van der Waals surface area contributed by atoms with Gasteiger partial charge >= 0.3 is 0 Å². The van der Waals surface area contributed by atoms with Crippen molar-refractivity contribution >= 4 is 55.1 Å². The predicted molar refractivity (Wildman–Crippen MR) is 259 cm³/mol. The number of amides is 2. The molecule has 0 radical (unpaired) electrons. The highest BCUT2D eigenvalue weighted by molar-refractivity contribution is 7.89. The Labute approximate surface area is 409 Å². The quantitative estimate of drug-likeness (QED) is 0.0517. The summed E-state index contributed by atoms with van der Waals surface area (Å²) in [5.74, 6) is -0.596. The minimum Gasteiger partial charge on any atom is -0.378 e. The standard InChI is InChI=1S/C47H61Cl2N5O12S2/c1-35-3-11-40(12-4-35)67(57,58)52-17-21-63-25-29-65-27-23-61-19-15-50-46(55)37-5-7-38(8-6-37)47(56)51-16-20-62-24-28-66-30-26-64-22-18-53-68(59,60)41-13-9-36(10-14-41)43-33-54(2)34-44-42(43)31-39(48)32-45(44)49/h3-14,31-32,43,52-53H,15-30,33-34H2,1-2H3,(H,50,55)(H,51,56)/t43-/m0/s1. The first-order valence-corrected chi connectivity index (χ1v) is 25.9. The molecule has 21 heteroatoms. The first kappa shape index (κ1) is 54.9. The number of nitrogens with one attached hydrogen (secondary N) is 4. The number of carbonyl (C=O) groups excluding carboxylic acids is 2. The Morgan fingerprint density at radius 1 is 0.574 bits per heavy atom. The number of nitrogens with zero attached hydrogens (tertiary/aromatic N) is 1. The van der Waals surface area contributed by atoms with Gasteiger partial charge in [0.1, 0.15) is 0 Å². The van der Waals surface area contributed by atoms with E-state index in [-0.39, 0.29) is 86.7 Å². The Kier molecular flexibility index (Phi) is 23.1. The molecule has 5 rings (SSSR count). The summed E-state index contributed by atoms with van der Waals surface area (Å²) in [6, 6.07) is 23.4. The molecule has 372 valence electrons. The molecule has 0 bridgehead atoms. The summed E-state index contributed by atoms with van der Waals surface area (Å²) in [7, 11) is -5.29. The van der Waals surface area contributed by atoms with Crippen molar-refractivity contribution in [3.05, 3.63) is 128 Å². The van der Waals surface area contributed by atoms with Crippen LogP contribution in [0.2, 0.25) is 10.0 Å². The van der Waals surface area contributed by atoms with Gasteiger partial charge in [0.05, 0.1) is 89.1 Å². The maximum atomic E-state index is 12.9. The number of sulfonamides is 2. The average molecular weight is 1020 g/mol. The maximum absolute atomic E-state index is 12.9. The molecule has 0 unspecified atom stereocenters. The van der Waals surface area contributed by atoms with Crippen molar-refractivity contribution in [2.45, 2.75) is 29.2 Å². The van der Waals surface area contributed by atoms with Gasteiger partial charge in [-0.25, -0.2) is 26.3 Å². The number of hydrogen-bond acceptors (Lipinski definition) is 13. The number of rotatable bonds is 31. The summed E-state index contributed by atoms with van der Waals surface area (Å²) < 4.78 is 88.3. The van der Waals surface area contributed by atoms with Crippen LogP contribution in [0.25, 0.3) is 0 Å². The zero-order valence-corrected chi connectivity index (χ0v) is 41.5. The van der Waals surface area contributed by atoms with E-state index in [0.29, 0.717) is 74.0 Å². The van der Waals surface area contributed by atoms with Crippen LogP contribution in [0, 0.1) is 6.92 Å². The van der Waals surface area contributed by atoms with Gasteiger partial charge in [-0.3, -0.25) is 9.59 Å². The fourth-order valence-electron chi connectivity index (χ4n) is 6.92. The summed E-state index contributed by atoms with van der Waals surface area (Å²) >= 11 is 12.8. The Bertz CT molecular complexity index is 2420. The number of aryl methyl sites for hydroxylation is 1. The van der Waals surface area contributed by atoms with Crippen LogP contribution in [0.3, 0.4) is 0 Å². The van der Waals surface area contributed by atoms with Crippen molar-refractivity contribution in [3.8, 4) is 0 Å².